The molecule has 0 saturated heterocycles. The third-order valence-corrected chi connectivity index (χ3v) is 3.60. The Kier molecular flexibility index (Phi) is 5.58. The fourth-order valence-corrected chi connectivity index (χ4v) is 2.18. The smallest absolute Gasteiger partial charge is 0.0362 e. The van der Waals surface area contributed by atoms with Gasteiger partial charge in [-0.1, -0.05) is 37.3 Å². The van der Waals surface area contributed by atoms with Crippen molar-refractivity contribution < 1.29 is 4.21 Å². The van der Waals surface area contributed by atoms with Crippen LogP contribution >= 0.6 is 0 Å². The zero-order valence-electron chi connectivity index (χ0n) is 9.48. The van der Waals surface area contributed by atoms with Gasteiger partial charge in [0.1, 0.15) is 0 Å². The van der Waals surface area contributed by atoms with Gasteiger partial charge < -0.3 is 4.90 Å². The van der Waals surface area contributed by atoms with Gasteiger partial charge in [0.25, 0.3) is 0 Å². The summed E-state index contributed by atoms with van der Waals surface area (Å²) in [5, 5.41) is 0. The van der Waals surface area contributed by atoms with Gasteiger partial charge in [-0.05, 0) is 12.6 Å². The van der Waals surface area contributed by atoms with Crippen molar-refractivity contribution in [1.29, 1.82) is 0 Å². The first-order valence-electron chi connectivity index (χ1n) is 5.30. The first-order valence-corrected chi connectivity index (χ1v) is 6.78. The number of nitrogens with zero attached hydrogens (tertiary/aromatic N) is 1. The summed E-state index contributed by atoms with van der Waals surface area (Å²) in [4.78, 5) is 2.21. The minimum atomic E-state index is -0.647. The summed E-state index contributed by atoms with van der Waals surface area (Å²) < 4.78 is 11.3. The molecular formula is C12H19NOS. The van der Waals surface area contributed by atoms with Crippen LogP contribution in [0.15, 0.2) is 30.3 Å². The molecular weight excluding hydrogens is 206 g/mol. The molecule has 3 heteroatoms. The van der Waals surface area contributed by atoms with Crippen LogP contribution in [0, 0.1) is 0 Å². The maximum atomic E-state index is 11.3. The van der Waals surface area contributed by atoms with Crippen molar-refractivity contribution >= 4 is 10.8 Å². The Morgan fingerprint density at radius 2 is 1.93 bits per heavy atom. The quantitative estimate of drug-likeness (QED) is 0.737. The van der Waals surface area contributed by atoms with Crippen molar-refractivity contribution in [1.82, 2.24) is 4.90 Å². The highest BCUT2D eigenvalue weighted by Gasteiger charge is 2.02. The molecule has 1 aromatic carbocycles. The van der Waals surface area contributed by atoms with Gasteiger partial charge in [0.2, 0.25) is 0 Å². The van der Waals surface area contributed by atoms with Gasteiger partial charge in [-0.15, -0.1) is 0 Å². The topological polar surface area (TPSA) is 20.3 Å². The Bertz CT molecular complexity index is 300. The Morgan fingerprint density at radius 1 is 1.27 bits per heavy atom. The fourth-order valence-electron chi connectivity index (χ4n) is 1.38. The highest BCUT2D eigenvalue weighted by atomic mass is 32.2. The van der Waals surface area contributed by atoms with Crippen LogP contribution in [0.2, 0.25) is 0 Å². The largest absolute Gasteiger partial charge is 0.301 e. The van der Waals surface area contributed by atoms with E-state index < -0.39 is 10.8 Å². The van der Waals surface area contributed by atoms with E-state index in [2.05, 4.69) is 24.1 Å². The van der Waals surface area contributed by atoms with Gasteiger partial charge in [0, 0.05) is 35.4 Å². The van der Waals surface area contributed by atoms with Gasteiger partial charge >= 0.3 is 0 Å². The molecule has 0 heterocycles. The number of hydrogen-bond donors (Lipinski definition) is 0. The summed E-state index contributed by atoms with van der Waals surface area (Å²) in [5.41, 5.74) is 1.31. The normalized spacial score (nSPS) is 13.0. The second-order valence-electron chi connectivity index (χ2n) is 3.66. The van der Waals surface area contributed by atoms with Crippen LogP contribution in [0.1, 0.15) is 12.5 Å². The number of hydrogen-bond acceptors (Lipinski definition) is 2. The maximum Gasteiger partial charge on any atom is 0.0362 e. The van der Waals surface area contributed by atoms with Crippen LogP contribution in [0.4, 0.5) is 0 Å². The van der Waals surface area contributed by atoms with Crippen LogP contribution in [0.25, 0.3) is 0 Å². The van der Waals surface area contributed by atoms with E-state index in [0.29, 0.717) is 0 Å². The summed E-state index contributed by atoms with van der Waals surface area (Å²) in [7, 11) is 1.42. The summed E-state index contributed by atoms with van der Waals surface area (Å²) >= 11 is 0. The highest BCUT2D eigenvalue weighted by Crippen LogP contribution is 2.02. The van der Waals surface area contributed by atoms with E-state index in [1.807, 2.05) is 25.1 Å². The Balaban J connectivity index is 2.30. The minimum absolute atomic E-state index is 0.647. The number of rotatable bonds is 6. The molecule has 0 amide bonds. The minimum Gasteiger partial charge on any atom is -0.301 e. The maximum absolute atomic E-state index is 11.3. The van der Waals surface area contributed by atoms with Crippen LogP contribution in [0.5, 0.6) is 0 Å². The molecule has 1 rings (SSSR count). The molecule has 0 N–H and O–H groups in total. The third kappa shape index (κ3) is 5.09. The molecule has 0 fully saturated rings. The van der Waals surface area contributed by atoms with Gasteiger partial charge in [-0.2, -0.15) is 0 Å². The third-order valence-electron chi connectivity index (χ3n) is 2.32. The van der Waals surface area contributed by atoms with E-state index in [1.54, 1.807) is 0 Å². The van der Waals surface area contributed by atoms with E-state index in [0.717, 1.165) is 24.6 Å². The molecule has 0 spiro atoms. The first kappa shape index (κ1) is 12.4. The van der Waals surface area contributed by atoms with Crippen molar-refractivity contribution in [2.45, 2.75) is 13.5 Å². The molecule has 1 unspecified atom stereocenters. The second kappa shape index (κ2) is 6.75. The summed E-state index contributed by atoms with van der Waals surface area (Å²) in [6, 6.07) is 10.4. The monoisotopic (exact) mass is 225 g/mol. The molecule has 2 nitrogen and oxygen atoms in total. The molecule has 0 saturated carbocycles. The molecule has 0 aromatic heterocycles. The average molecular weight is 225 g/mol. The molecule has 0 aliphatic rings. The second-order valence-corrected chi connectivity index (χ2v) is 5.52. The number of benzene rings is 1. The van der Waals surface area contributed by atoms with E-state index in [1.165, 1.54) is 5.56 Å². The summed E-state index contributed by atoms with van der Waals surface area (Å²) in [6.07, 6.45) is 0. The lowest BCUT2D eigenvalue weighted by Gasteiger charge is -2.15. The SMILES string of the molecule is CCS(=O)CCN(C)Cc1ccccc1. The standard InChI is InChI=1S/C12H19NOS/c1-3-15(14)10-9-13(2)11-12-7-5-4-6-8-12/h4-8H,3,9-11H2,1-2H3. The van der Waals surface area contributed by atoms with Crippen molar-refractivity contribution in [3.63, 3.8) is 0 Å². The van der Waals surface area contributed by atoms with Crippen molar-refractivity contribution in [3.05, 3.63) is 35.9 Å². The average Bonchev–Trinajstić information content (AvgIpc) is 2.27. The van der Waals surface area contributed by atoms with Gasteiger partial charge in [-0.25, -0.2) is 0 Å². The van der Waals surface area contributed by atoms with Crippen molar-refractivity contribution in [3.8, 4) is 0 Å². The molecule has 84 valence electrons. The lowest BCUT2D eigenvalue weighted by Crippen LogP contribution is -2.23. The fraction of sp³-hybridized carbons (Fsp3) is 0.500. The molecule has 0 bridgehead atoms. The van der Waals surface area contributed by atoms with E-state index >= 15 is 0 Å². The molecule has 15 heavy (non-hydrogen) atoms. The van der Waals surface area contributed by atoms with Gasteiger partial charge in [0.05, 0.1) is 0 Å². The van der Waals surface area contributed by atoms with Crippen molar-refractivity contribution in [2.24, 2.45) is 0 Å². The molecule has 0 radical (unpaired) electrons. The Hall–Kier alpha value is -0.670. The van der Waals surface area contributed by atoms with Gasteiger partial charge in [0.15, 0.2) is 0 Å². The van der Waals surface area contributed by atoms with Gasteiger partial charge in [-0.3, -0.25) is 4.21 Å². The molecule has 0 aliphatic heterocycles. The predicted octanol–water partition coefficient (Wildman–Crippen LogP) is 1.89. The predicted molar refractivity (Wildman–Crippen MR) is 66.3 cm³/mol. The van der Waals surface area contributed by atoms with E-state index in [9.17, 15) is 4.21 Å². The molecule has 0 aliphatic carbocycles. The lowest BCUT2D eigenvalue weighted by molar-refractivity contribution is 0.347. The molecule has 1 aromatic rings. The molecule has 1 atom stereocenters. The Labute approximate surface area is 94.8 Å². The van der Waals surface area contributed by atoms with E-state index in [4.69, 9.17) is 0 Å². The van der Waals surface area contributed by atoms with Crippen LogP contribution in [-0.4, -0.2) is 34.2 Å². The first-order chi connectivity index (χ1) is 7.22. The van der Waals surface area contributed by atoms with Crippen molar-refractivity contribution in [2.75, 3.05) is 25.1 Å². The summed E-state index contributed by atoms with van der Waals surface area (Å²) in [6.45, 7) is 3.80. The Morgan fingerprint density at radius 3 is 2.53 bits per heavy atom. The highest BCUT2D eigenvalue weighted by molar-refractivity contribution is 7.84. The van der Waals surface area contributed by atoms with E-state index in [-0.39, 0.29) is 0 Å². The zero-order valence-corrected chi connectivity index (χ0v) is 10.3. The lowest BCUT2D eigenvalue weighted by atomic mass is 10.2. The zero-order chi connectivity index (χ0) is 11.1. The van der Waals surface area contributed by atoms with Crippen LogP contribution in [-0.2, 0) is 17.3 Å². The summed E-state index contributed by atoms with van der Waals surface area (Å²) in [5.74, 6) is 1.54. The van der Waals surface area contributed by atoms with Crippen LogP contribution < -0.4 is 0 Å². The van der Waals surface area contributed by atoms with Crippen LogP contribution in [0.3, 0.4) is 0 Å².